The summed E-state index contributed by atoms with van der Waals surface area (Å²) in [4.78, 5) is 23.3. The zero-order valence-electron chi connectivity index (χ0n) is 16.3. The van der Waals surface area contributed by atoms with Crippen LogP contribution in [0.1, 0.15) is 31.9 Å². The molecule has 7 heteroatoms. The Morgan fingerprint density at radius 2 is 2.15 bits per heavy atom. The molecule has 0 spiro atoms. The van der Waals surface area contributed by atoms with Gasteiger partial charge in [-0.15, -0.1) is 0 Å². The third-order valence-corrected chi connectivity index (χ3v) is 5.05. The highest BCUT2D eigenvalue weighted by Gasteiger charge is 2.23. The maximum absolute atomic E-state index is 11.6. The van der Waals surface area contributed by atoms with Gasteiger partial charge in [0.25, 0.3) is 0 Å². The molecule has 1 fully saturated rings. The smallest absolute Gasteiger partial charge is 0.220 e. The number of aliphatic imine (C=N–C) groups is 1. The first-order valence-corrected chi connectivity index (χ1v) is 9.86. The standard InChI is InChI=1S/C20H30N6O/c1-3-22-20(25-12-8-16(9-13-25)14-19(27)21-2)23-10-7-17-15-26-11-5-4-6-18(26)24-17/h4-6,11,15-16H,3,7-10,12-14H2,1-2H3,(H,21,27)(H,22,23). The van der Waals surface area contributed by atoms with Crippen molar-refractivity contribution in [2.45, 2.75) is 32.6 Å². The van der Waals surface area contributed by atoms with Gasteiger partial charge >= 0.3 is 0 Å². The van der Waals surface area contributed by atoms with Crippen molar-refractivity contribution in [2.75, 3.05) is 33.2 Å². The average molecular weight is 371 g/mol. The number of nitrogens with one attached hydrogen (secondary N) is 2. The van der Waals surface area contributed by atoms with Crippen molar-refractivity contribution in [1.82, 2.24) is 24.9 Å². The van der Waals surface area contributed by atoms with Gasteiger partial charge in [-0.2, -0.15) is 0 Å². The molecule has 3 heterocycles. The van der Waals surface area contributed by atoms with Crippen LogP contribution in [-0.2, 0) is 11.2 Å². The highest BCUT2D eigenvalue weighted by molar-refractivity contribution is 5.80. The molecule has 0 atom stereocenters. The number of aromatic nitrogens is 2. The zero-order valence-corrected chi connectivity index (χ0v) is 16.3. The molecule has 2 N–H and O–H groups in total. The summed E-state index contributed by atoms with van der Waals surface area (Å²) in [6.45, 7) is 5.55. The monoisotopic (exact) mass is 370 g/mol. The number of pyridine rings is 1. The number of piperidine rings is 1. The van der Waals surface area contributed by atoms with E-state index in [4.69, 9.17) is 4.99 Å². The lowest BCUT2D eigenvalue weighted by molar-refractivity contribution is -0.121. The van der Waals surface area contributed by atoms with E-state index in [0.29, 0.717) is 18.9 Å². The van der Waals surface area contributed by atoms with Crippen molar-refractivity contribution in [3.8, 4) is 0 Å². The van der Waals surface area contributed by atoms with E-state index in [9.17, 15) is 4.79 Å². The van der Waals surface area contributed by atoms with Gasteiger partial charge in [0, 0.05) is 58.5 Å². The van der Waals surface area contributed by atoms with Gasteiger partial charge in [0.15, 0.2) is 5.96 Å². The van der Waals surface area contributed by atoms with Gasteiger partial charge in [-0.3, -0.25) is 9.79 Å². The fraction of sp³-hybridized carbons (Fsp3) is 0.550. The minimum Gasteiger partial charge on any atom is -0.359 e. The second-order valence-corrected chi connectivity index (χ2v) is 6.99. The summed E-state index contributed by atoms with van der Waals surface area (Å²) in [5.41, 5.74) is 2.03. The van der Waals surface area contributed by atoms with Crippen LogP contribution in [0.2, 0.25) is 0 Å². The van der Waals surface area contributed by atoms with Crippen LogP contribution < -0.4 is 10.6 Å². The van der Waals surface area contributed by atoms with E-state index in [2.05, 4.69) is 33.6 Å². The number of hydrogen-bond acceptors (Lipinski definition) is 3. The molecule has 1 aliphatic heterocycles. The van der Waals surface area contributed by atoms with Gasteiger partial charge in [-0.05, 0) is 37.8 Å². The summed E-state index contributed by atoms with van der Waals surface area (Å²) in [6.07, 6.45) is 7.61. The maximum Gasteiger partial charge on any atom is 0.220 e. The lowest BCUT2D eigenvalue weighted by Gasteiger charge is -2.34. The van der Waals surface area contributed by atoms with Crippen LogP contribution in [0.15, 0.2) is 35.6 Å². The molecule has 3 rings (SSSR count). The number of carbonyl (C=O) groups excluding carboxylic acids is 1. The summed E-state index contributed by atoms with van der Waals surface area (Å²) in [7, 11) is 1.70. The summed E-state index contributed by atoms with van der Waals surface area (Å²) >= 11 is 0. The van der Waals surface area contributed by atoms with E-state index in [0.717, 1.165) is 56.2 Å². The number of fused-ring (bicyclic) bond motifs is 1. The number of likely N-dealkylation sites (tertiary alicyclic amines) is 1. The topological polar surface area (TPSA) is 74.0 Å². The van der Waals surface area contributed by atoms with Gasteiger partial charge in [-0.25, -0.2) is 4.98 Å². The molecular formula is C20H30N6O. The largest absolute Gasteiger partial charge is 0.359 e. The number of carbonyl (C=O) groups is 1. The molecule has 0 aromatic carbocycles. The Labute approximate surface area is 160 Å². The quantitative estimate of drug-likeness (QED) is 0.599. The molecule has 1 amide bonds. The van der Waals surface area contributed by atoms with Crippen LogP contribution in [0.25, 0.3) is 5.65 Å². The predicted octanol–water partition coefficient (Wildman–Crippen LogP) is 1.69. The SMILES string of the molecule is CCNC(=NCCc1cn2ccccc2n1)N1CCC(CC(=O)NC)CC1. The summed E-state index contributed by atoms with van der Waals surface area (Å²) in [6, 6.07) is 6.02. The average Bonchev–Trinajstić information content (AvgIpc) is 3.10. The fourth-order valence-electron chi connectivity index (χ4n) is 3.52. The molecular weight excluding hydrogens is 340 g/mol. The van der Waals surface area contributed by atoms with Crippen LogP contribution >= 0.6 is 0 Å². The van der Waals surface area contributed by atoms with Crippen molar-refractivity contribution in [1.29, 1.82) is 0 Å². The Morgan fingerprint density at radius 3 is 2.85 bits per heavy atom. The number of guanidine groups is 1. The molecule has 146 valence electrons. The summed E-state index contributed by atoms with van der Waals surface area (Å²) in [5, 5.41) is 6.13. The molecule has 1 saturated heterocycles. The fourth-order valence-corrected chi connectivity index (χ4v) is 3.52. The number of nitrogens with zero attached hydrogens (tertiary/aromatic N) is 4. The van der Waals surface area contributed by atoms with E-state index in [1.807, 2.05) is 28.8 Å². The molecule has 0 radical (unpaired) electrons. The Hall–Kier alpha value is -2.57. The molecule has 0 saturated carbocycles. The third-order valence-electron chi connectivity index (χ3n) is 5.05. The highest BCUT2D eigenvalue weighted by atomic mass is 16.1. The maximum atomic E-state index is 11.6. The Morgan fingerprint density at radius 1 is 1.33 bits per heavy atom. The van der Waals surface area contributed by atoms with E-state index < -0.39 is 0 Å². The van der Waals surface area contributed by atoms with Crippen molar-refractivity contribution in [2.24, 2.45) is 10.9 Å². The first-order chi connectivity index (χ1) is 13.2. The van der Waals surface area contributed by atoms with E-state index in [-0.39, 0.29) is 5.91 Å². The lowest BCUT2D eigenvalue weighted by atomic mass is 9.93. The second-order valence-electron chi connectivity index (χ2n) is 6.99. The van der Waals surface area contributed by atoms with Crippen LogP contribution in [0.5, 0.6) is 0 Å². The van der Waals surface area contributed by atoms with Gasteiger partial charge < -0.3 is 19.9 Å². The van der Waals surface area contributed by atoms with Gasteiger partial charge in [0.2, 0.25) is 5.91 Å². The van der Waals surface area contributed by atoms with Gasteiger partial charge in [0.1, 0.15) is 5.65 Å². The van der Waals surface area contributed by atoms with E-state index in [1.165, 1.54) is 0 Å². The van der Waals surface area contributed by atoms with Crippen LogP contribution in [0, 0.1) is 5.92 Å². The highest BCUT2D eigenvalue weighted by Crippen LogP contribution is 2.20. The minimum atomic E-state index is 0.140. The normalized spacial score (nSPS) is 15.9. The molecule has 2 aromatic heterocycles. The summed E-state index contributed by atoms with van der Waals surface area (Å²) < 4.78 is 2.04. The molecule has 27 heavy (non-hydrogen) atoms. The first kappa shape index (κ1) is 19.2. The molecule has 1 aliphatic rings. The molecule has 2 aromatic rings. The number of rotatable bonds is 6. The van der Waals surface area contributed by atoms with Crippen LogP contribution in [0.4, 0.5) is 0 Å². The van der Waals surface area contributed by atoms with Crippen molar-refractivity contribution >= 4 is 17.5 Å². The van der Waals surface area contributed by atoms with E-state index in [1.54, 1.807) is 7.05 Å². The van der Waals surface area contributed by atoms with Crippen molar-refractivity contribution in [3.63, 3.8) is 0 Å². The predicted molar refractivity (Wildman–Crippen MR) is 108 cm³/mol. The number of hydrogen-bond donors (Lipinski definition) is 2. The number of imidazole rings is 1. The van der Waals surface area contributed by atoms with Crippen molar-refractivity contribution in [3.05, 3.63) is 36.3 Å². The Balaban J connectivity index is 1.54. The Kier molecular flexibility index (Phi) is 6.68. The van der Waals surface area contributed by atoms with Gasteiger partial charge in [-0.1, -0.05) is 6.07 Å². The van der Waals surface area contributed by atoms with Crippen LogP contribution in [0.3, 0.4) is 0 Å². The second kappa shape index (κ2) is 9.39. The summed E-state index contributed by atoms with van der Waals surface area (Å²) in [5.74, 6) is 1.59. The van der Waals surface area contributed by atoms with Crippen molar-refractivity contribution < 1.29 is 4.79 Å². The molecule has 0 unspecified atom stereocenters. The molecule has 0 aliphatic carbocycles. The first-order valence-electron chi connectivity index (χ1n) is 9.86. The third kappa shape index (κ3) is 5.21. The molecule has 7 nitrogen and oxygen atoms in total. The molecule has 0 bridgehead atoms. The number of amides is 1. The zero-order chi connectivity index (χ0) is 19.1. The van der Waals surface area contributed by atoms with Crippen LogP contribution in [-0.4, -0.2) is 59.4 Å². The Bertz CT molecular complexity index is 743. The van der Waals surface area contributed by atoms with Gasteiger partial charge in [0.05, 0.1) is 5.69 Å². The minimum absolute atomic E-state index is 0.140. The van der Waals surface area contributed by atoms with E-state index >= 15 is 0 Å². The lowest BCUT2D eigenvalue weighted by Crippen LogP contribution is -2.46.